The first-order chi connectivity index (χ1) is 10.7. The minimum Gasteiger partial charge on any atom is -0.342 e. The number of hydrogen-bond acceptors (Lipinski definition) is 2. The van der Waals surface area contributed by atoms with Gasteiger partial charge in [-0.15, -0.1) is 0 Å². The van der Waals surface area contributed by atoms with Gasteiger partial charge in [0.15, 0.2) is 0 Å². The summed E-state index contributed by atoms with van der Waals surface area (Å²) in [6.45, 7) is 0. The molecule has 0 aliphatic carbocycles. The Morgan fingerprint density at radius 2 is 1.91 bits per heavy atom. The Morgan fingerprint density at radius 3 is 2.68 bits per heavy atom. The number of benzene rings is 2. The summed E-state index contributed by atoms with van der Waals surface area (Å²) in [5.74, 6) is 0.955. The second-order valence-electron chi connectivity index (χ2n) is 5.11. The fourth-order valence-corrected chi connectivity index (χ4v) is 2.56. The number of aromatic amines is 1. The Morgan fingerprint density at radius 1 is 1.14 bits per heavy atom. The predicted octanol–water partition coefficient (Wildman–Crippen LogP) is 4.29. The molecule has 0 saturated heterocycles. The minimum atomic E-state index is 0.0263. The second-order valence-corrected chi connectivity index (χ2v) is 6.02. The number of amides is 1. The van der Waals surface area contributed by atoms with Crippen LogP contribution in [0.3, 0.4) is 0 Å². The molecule has 4 nitrogen and oxygen atoms in total. The Hall–Kier alpha value is -2.14. The van der Waals surface area contributed by atoms with Gasteiger partial charge < -0.3 is 10.3 Å². The van der Waals surface area contributed by atoms with E-state index in [9.17, 15) is 4.79 Å². The number of aromatic nitrogens is 2. The molecule has 0 unspecified atom stereocenters. The van der Waals surface area contributed by atoms with Gasteiger partial charge in [-0.25, -0.2) is 4.98 Å². The lowest BCUT2D eigenvalue weighted by molar-refractivity contribution is -0.116. The van der Waals surface area contributed by atoms with Crippen LogP contribution in [0.25, 0.3) is 11.0 Å². The molecule has 2 N–H and O–H groups in total. The Balaban J connectivity index is 1.49. The van der Waals surface area contributed by atoms with Crippen LogP contribution in [0, 0.1) is 0 Å². The smallest absolute Gasteiger partial charge is 0.224 e. The molecule has 1 heterocycles. The summed E-state index contributed by atoms with van der Waals surface area (Å²) in [5, 5.41) is 2.89. The Bertz CT molecular complexity index is 747. The highest BCUT2D eigenvalue weighted by Gasteiger charge is 2.05. The van der Waals surface area contributed by atoms with Crippen LogP contribution in [-0.2, 0) is 11.2 Å². The summed E-state index contributed by atoms with van der Waals surface area (Å²) in [5.41, 5.74) is 2.82. The van der Waals surface area contributed by atoms with Gasteiger partial charge in [-0.2, -0.15) is 0 Å². The number of carbonyl (C=O) groups is 1. The van der Waals surface area contributed by atoms with Crippen molar-refractivity contribution in [3.05, 3.63) is 58.8 Å². The van der Waals surface area contributed by atoms with Crippen molar-refractivity contribution in [2.45, 2.75) is 19.3 Å². The highest BCUT2D eigenvalue weighted by atomic mass is 79.9. The highest BCUT2D eigenvalue weighted by molar-refractivity contribution is 9.10. The summed E-state index contributed by atoms with van der Waals surface area (Å²) >= 11 is 3.37. The fraction of sp³-hybridized carbons (Fsp3) is 0.176. The first-order valence-electron chi connectivity index (χ1n) is 7.20. The zero-order chi connectivity index (χ0) is 15.4. The number of fused-ring (bicyclic) bond motifs is 1. The van der Waals surface area contributed by atoms with Gasteiger partial charge in [-0.1, -0.05) is 28.1 Å². The van der Waals surface area contributed by atoms with Crippen molar-refractivity contribution < 1.29 is 4.79 Å². The van der Waals surface area contributed by atoms with E-state index >= 15 is 0 Å². The molecule has 0 aliphatic rings. The number of anilines is 1. The van der Waals surface area contributed by atoms with Crippen molar-refractivity contribution in [2.75, 3.05) is 5.32 Å². The lowest BCUT2D eigenvalue weighted by Gasteiger charge is -2.04. The maximum Gasteiger partial charge on any atom is 0.224 e. The third kappa shape index (κ3) is 3.74. The monoisotopic (exact) mass is 357 g/mol. The van der Waals surface area contributed by atoms with E-state index in [-0.39, 0.29) is 5.91 Å². The molecule has 0 saturated carbocycles. The van der Waals surface area contributed by atoms with Crippen molar-refractivity contribution >= 4 is 38.6 Å². The molecule has 22 heavy (non-hydrogen) atoms. The van der Waals surface area contributed by atoms with Gasteiger partial charge in [-0.05, 0) is 42.8 Å². The molecule has 0 spiro atoms. The molecule has 0 fully saturated rings. The van der Waals surface area contributed by atoms with Crippen molar-refractivity contribution in [2.24, 2.45) is 0 Å². The summed E-state index contributed by atoms with van der Waals surface area (Å²) in [4.78, 5) is 19.7. The van der Waals surface area contributed by atoms with E-state index in [2.05, 4.69) is 31.2 Å². The van der Waals surface area contributed by atoms with Gasteiger partial charge in [-0.3, -0.25) is 4.79 Å². The molecular weight excluding hydrogens is 342 g/mol. The summed E-state index contributed by atoms with van der Waals surface area (Å²) in [6.07, 6.45) is 2.01. The van der Waals surface area contributed by atoms with E-state index in [1.807, 2.05) is 48.5 Å². The first kappa shape index (κ1) is 14.8. The zero-order valence-electron chi connectivity index (χ0n) is 12.0. The van der Waals surface area contributed by atoms with E-state index in [1.165, 1.54) is 0 Å². The van der Waals surface area contributed by atoms with Crippen LogP contribution in [0.4, 0.5) is 5.69 Å². The number of carbonyl (C=O) groups excluding carboxylic acids is 1. The van der Waals surface area contributed by atoms with Crippen LogP contribution in [0.1, 0.15) is 18.7 Å². The maximum absolute atomic E-state index is 11.9. The fourth-order valence-electron chi connectivity index (χ4n) is 2.30. The van der Waals surface area contributed by atoms with E-state index in [1.54, 1.807) is 0 Å². The van der Waals surface area contributed by atoms with Crippen LogP contribution < -0.4 is 5.32 Å². The molecule has 5 heteroatoms. The van der Waals surface area contributed by atoms with Gasteiger partial charge in [0, 0.05) is 23.0 Å². The first-order valence-corrected chi connectivity index (χ1v) is 7.99. The predicted molar refractivity (Wildman–Crippen MR) is 91.8 cm³/mol. The quantitative estimate of drug-likeness (QED) is 0.715. The van der Waals surface area contributed by atoms with Crippen molar-refractivity contribution in [3.63, 3.8) is 0 Å². The molecule has 0 radical (unpaired) electrons. The van der Waals surface area contributed by atoms with E-state index in [4.69, 9.17) is 0 Å². The minimum absolute atomic E-state index is 0.0263. The van der Waals surface area contributed by atoms with Gasteiger partial charge in [0.2, 0.25) is 5.91 Å². The zero-order valence-corrected chi connectivity index (χ0v) is 13.6. The molecule has 3 aromatic rings. The van der Waals surface area contributed by atoms with Gasteiger partial charge in [0.25, 0.3) is 0 Å². The maximum atomic E-state index is 11.9. The number of aryl methyl sites for hydroxylation is 1. The number of nitrogens with zero attached hydrogens (tertiary/aromatic N) is 1. The van der Waals surface area contributed by atoms with Crippen molar-refractivity contribution in [1.82, 2.24) is 9.97 Å². The van der Waals surface area contributed by atoms with Gasteiger partial charge >= 0.3 is 0 Å². The van der Waals surface area contributed by atoms with Gasteiger partial charge in [0.05, 0.1) is 11.0 Å². The van der Waals surface area contributed by atoms with Crippen LogP contribution in [0.15, 0.2) is 53.0 Å². The molecular formula is C17H16BrN3O. The van der Waals surface area contributed by atoms with Crippen molar-refractivity contribution in [3.8, 4) is 0 Å². The van der Waals surface area contributed by atoms with Crippen LogP contribution in [0.2, 0.25) is 0 Å². The molecule has 3 rings (SSSR count). The number of para-hydroxylation sites is 2. The average Bonchev–Trinajstić information content (AvgIpc) is 2.92. The number of rotatable bonds is 5. The largest absolute Gasteiger partial charge is 0.342 e. The standard InChI is InChI=1S/C17H16BrN3O/c18-12-8-10-13(11-9-12)19-17(22)7-3-6-16-20-14-4-1-2-5-15(14)21-16/h1-2,4-5,8-11H,3,6-7H2,(H,19,22)(H,20,21). The van der Waals surface area contributed by atoms with Crippen molar-refractivity contribution in [1.29, 1.82) is 0 Å². The number of halogens is 1. The molecule has 0 aliphatic heterocycles. The Kier molecular flexibility index (Phi) is 4.53. The number of H-pyrrole nitrogens is 1. The van der Waals surface area contributed by atoms with E-state index in [0.717, 1.165) is 39.9 Å². The van der Waals surface area contributed by atoms with Crippen LogP contribution >= 0.6 is 15.9 Å². The molecule has 2 aromatic carbocycles. The number of imidazole rings is 1. The van der Waals surface area contributed by atoms with E-state index in [0.29, 0.717) is 6.42 Å². The van der Waals surface area contributed by atoms with Gasteiger partial charge in [0.1, 0.15) is 5.82 Å². The topological polar surface area (TPSA) is 57.8 Å². The third-order valence-corrected chi connectivity index (χ3v) is 3.91. The normalized spacial score (nSPS) is 10.8. The number of nitrogens with one attached hydrogen (secondary N) is 2. The lowest BCUT2D eigenvalue weighted by Crippen LogP contribution is -2.11. The molecule has 0 bridgehead atoms. The molecule has 0 atom stereocenters. The summed E-state index contributed by atoms with van der Waals surface area (Å²) in [7, 11) is 0. The molecule has 1 aromatic heterocycles. The third-order valence-electron chi connectivity index (χ3n) is 3.38. The molecule has 112 valence electrons. The molecule has 1 amide bonds. The second kappa shape index (κ2) is 6.75. The summed E-state index contributed by atoms with van der Waals surface area (Å²) in [6, 6.07) is 15.5. The van der Waals surface area contributed by atoms with E-state index < -0.39 is 0 Å². The highest BCUT2D eigenvalue weighted by Crippen LogP contribution is 2.15. The SMILES string of the molecule is O=C(CCCc1nc2ccccc2[nH]1)Nc1ccc(Br)cc1. The van der Waals surface area contributed by atoms with Crippen LogP contribution in [-0.4, -0.2) is 15.9 Å². The summed E-state index contributed by atoms with van der Waals surface area (Å²) < 4.78 is 0.996. The number of hydrogen-bond donors (Lipinski definition) is 2. The average molecular weight is 358 g/mol. The van der Waals surface area contributed by atoms with Crippen LogP contribution in [0.5, 0.6) is 0 Å². The lowest BCUT2D eigenvalue weighted by atomic mass is 10.2. The Labute approximate surface area is 137 Å².